The zero-order valence-electron chi connectivity index (χ0n) is 8.77. The van der Waals surface area contributed by atoms with E-state index in [-0.39, 0.29) is 5.91 Å². The van der Waals surface area contributed by atoms with Gasteiger partial charge in [0.2, 0.25) is 0 Å². The molecule has 0 aromatic carbocycles. The topological polar surface area (TPSA) is 53.7 Å². The van der Waals surface area contributed by atoms with E-state index in [1.165, 1.54) is 6.26 Å². The second-order valence-corrected chi connectivity index (χ2v) is 3.98. The summed E-state index contributed by atoms with van der Waals surface area (Å²) in [5.41, 5.74) is 0.847. The molecule has 4 nitrogen and oxygen atoms in total. The van der Waals surface area contributed by atoms with Crippen LogP contribution in [0.2, 0.25) is 0 Å². The van der Waals surface area contributed by atoms with Crippen LogP contribution in [0.5, 0.6) is 0 Å². The summed E-state index contributed by atoms with van der Waals surface area (Å²) in [6, 6.07) is 1.77. The number of aryl methyl sites for hydroxylation is 1. The average Bonchev–Trinajstić information content (AvgIpc) is 2.63. The average molecular weight is 209 g/mol. The monoisotopic (exact) mass is 209 g/mol. The minimum atomic E-state index is -0.391. The first-order valence-corrected chi connectivity index (χ1v) is 5.20. The van der Waals surface area contributed by atoms with Gasteiger partial charge in [-0.3, -0.25) is 4.79 Å². The van der Waals surface area contributed by atoms with Gasteiger partial charge in [-0.05, 0) is 25.8 Å². The van der Waals surface area contributed by atoms with Gasteiger partial charge in [-0.1, -0.05) is 0 Å². The normalized spacial score (nSPS) is 21.7. The summed E-state index contributed by atoms with van der Waals surface area (Å²) in [6.07, 6.45) is 2.76. The Hall–Kier alpha value is -1.29. The molecule has 0 bridgehead atoms. The summed E-state index contributed by atoms with van der Waals surface area (Å²) in [6.45, 7) is 2.96. The summed E-state index contributed by atoms with van der Waals surface area (Å²) >= 11 is 0. The molecule has 1 N–H and O–H groups in total. The van der Waals surface area contributed by atoms with Crippen molar-refractivity contribution in [1.29, 1.82) is 0 Å². The van der Waals surface area contributed by atoms with E-state index >= 15 is 0 Å². The van der Waals surface area contributed by atoms with Gasteiger partial charge >= 0.3 is 0 Å². The first-order valence-electron chi connectivity index (χ1n) is 5.20. The molecule has 1 fully saturated rings. The number of hydrogen-bond acceptors (Lipinski definition) is 3. The number of likely N-dealkylation sites (tertiary alicyclic amines) is 1. The minimum Gasteiger partial charge on any atom is -0.459 e. The van der Waals surface area contributed by atoms with Crippen molar-refractivity contribution in [1.82, 2.24) is 4.90 Å². The van der Waals surface area contributed by atoms with Crippen molar-refractivity contribution in [3.05, 3.63) is 23.7 Å². The van der Waals surface area contributed by atoms with Crippen LogP contribution in [-0.4, -0.2) is 35.1 Å². The number of rotatable bonds is 1. The third-order valence-electron chi connectivity index (χ3n) is 2.74. The smallest absolute Gasteiger partial charge is 0.289 e. The molecule has 0 spiro atoms. The molecule has 2 rings (SSSR count). The Kier molecular flexibility index (Phi) is 2.77. The second kappa shape index (κ2) is 4.06. The van der Waals surface area contributed by atoms with E-state index in [0.717, 1.165) is 18.4 Å². The molecule has 82 valence electrons. The molecule has 0 aliphatic carbocycles. The lowest BCUT2D eigenvalue weighted by atomic mass is 10.1. The van der Waals surface area contributed by atoms with Crippen LogP contribution < -0.4 is 0 Å². The van der Waals surface area contributed by atoms with Crippen LogP contribution in [0, 0.1) is 6.92 Å². The molecule has 1 unspecified atom stereocenters. The first kappa shape index (κ1) is 10.2. The molecule has 0 radical (unpaired) electrons. The molecular formula is C11H15NO3. The number of hydrogen-bond donors (Lipinski definition) is 1. The van der Waals surface area contributed by atoms with Crippen LogP contribution in [0.3, 0.4) is 0 Å². The van der Waals surface area contributed by atoms with Crippen molar-refractivity contribution in [2.75, 3.05) is 13.1 Å². The maximum atomic E-state index is 11.9. The lowest BCUT2D eigenvalue weighted by molar-refractivity contribution is 0.0447. The molecule has 1 aromatic heterocycles. The van der Waals surface area contributed by atoms with E-state index < -0.39 is 6.10 Å². The maximum Gasteiger partial charge on any atom is 0.289 e. The molecule has 1 aliphatic heterocycles. The minimum absolute atomic E-state index is 0.115. The summed E-state index contributed by atoms with van der Waals surface area (Å²) in [7, 11) is 0. The Labute approximate surface area is 88.5 Å². The van der Waals surface area contributed by atoms with Crippen LogP contribution in [0.25, 0.3) is 0 Å². The standard InChI is InChI=1S/C11H15NO3/c1-8-4-6-15-10(8)11(14)12-5-2-3-9(13)7-12/h4,6,9,13H,2-3,5,7H2,1H3. The van der Waals surface area contributed by atoms with E-state index in [1.54, 1.807) is 11.0 Å². The Morgan fingerprint density at radius 3 is 3.07 bits per heavy atom. The Bertz CT molecular complexity index is 358. The Balaban J connectivity index is 2.11. The highest BCUT2D eigenvalue weighted by atomic mass is 16.3. The van der Waals surface area contributed by atoms with Crippen molar-refractivity contribution in [2.24, 2.45) is 0 Å². The number of β-amino-alcohol motifs (C(OH)–C–C–N with tert-alkyl or cyclic N) is 1. The first-order chi connectivity index (χ1) is 7.18. The Morgan fingerprint density at radius 2 is 2.47 bits per heavy atom. The van der Waals surface area contributed by atoms with E-state index in [4.69, 9.17) is 4.42 Å². The second-order valence-electron chi connectivity index (χ2n) is 3.98. The molecule has 2 heterocycles. The van der Waals surface area contributed by atoms with Crippen molar-refractivity contribution in [3.63, 3.8) is 0 Å². The van der Waals surface area contributed by atoms with E-state index in [1.807, 2.05) is 6.92 Å². The number of nitrogens with zero attached hydrogens (tertiary/aromatic N) is 1. The van der Waals surface area contributed by atoms with Crippen molar-refractivity contribution in [2.45, 2.75) is 25.9 Å². The van der Waals surface area contributed by atoms with Gasteiger partial charge in [0.1, 0.15) is 0 Å². The molecule has 1 amide bonds. The van der Waals surface area contributed by atoms with Crippen LogP contribution in [0.4, 0.5) is 0 Å². The van der Waals surface area contributed by atoms with E-state index in [2.05, 4.69) is 0 Å². The van der Waals surface area contributed by atoms with Crippen molar-refractivity contribution in [3.8, 4) is 0 Å². The number of piperidine rings is 1. The van der Waals surface area contributed by atoms with Gasteiger partial charge in [0.15, 0.2) is 5.76 Å². The van der Waals surface area contributed by atoms with Crippen molar-refractivity contribution >= 4 is 5.91 Å². The van der Waals surface area contributed by atoms with Gasteiger partial charge in [-0.15, -0.1) is 0 Å². The fraction of sp³-hybridized carbons (Fsp3) is 0.545. The predicted octanol–water partition coefficient (Wildman–Crippen LogP) is 1.18. The quantitative estimate of drug-likeness (QED) is 0.755. The number of furan rings is 1. The van der Waals surface area contributed by atoms with Gasteiger partial charge in [-0.25, -0.2) is 0 Å². The molecule has 1 aliphatic rings. The van der Waals surface area contributed by atoms with Gasteiger partial charge in [0.05, 0.1) is 12.4 Å². The highest BCUT2D eigenvalue weighted by Gasteiger charge is 2.25. The lowest BCUT2D eigenvalue weighted by Gasteiger charge is -2.29. The van der Waals surface area contributed by atoms with Crippen LogP contribution >= 0.6 is 0 Å². The van der Waals surface area contributed by atoms with Crippen LogP contribution in [0.15, 0.2) is 16.7 Å². The maximum absolute atomic E-state index is 11.9. The number of aliphatic hydroxyl groups excluding tert-OH is 1. The highest BCUT2D eigenvalue weighted by Crippen LogP contribution is 2.16. The largest absolute Gasteiger partial charge is 0.459 e. The summed E-state index contributed by atoms with van der Waals surface area (Å²) in [5, 5.41) is 9.47. The molecule has 0 saturated carbocycles. The SMILES string of the molecule is Cc1ccoc1C(=O)N1CCCC(O)C1. The van der Waals surface area contributed by atoms with Gasteiger partial charge in [0.25, 0.3) is 5.91 Å². The third kappa shape index (κ3) is 2.04. The lowest BCUT2D eigenvalue weighted by Crippen LogP contribution is -2.42. The summed E-state index contributed by atoms with van der Waals surface area (Å²) in [4.78, 5) is 13.6. The molecule has 15 heavy (non-hydrogen) atoms. The third-order valence-corrected chi connectivity index (χ3v) is 2.74. The summed E-state index contributed by atoms with van der Waals surface area (Å²) in [5.74, 6) is 0.278. The van der Waals surface area contributed by atoms with Crippen LogP contribution in [0.1, 0.15) is 29.0 Å². The fourth-order valence-corrected chi connectivity index (χ4v) is 1.87. The van der Waals surface area contributed by atoms with Gasteiger partial charge in [-0.2, -0.15) is 0 Å². The molecular weight excluding hydrogens is 194 g/mol. The Morgan fingerprint density at radius 1 is 1.67 bits per heavy atom. The number of carbonyl (C=O) groups excluding carboxylic acids is 1. The van der Waals surface area contributed by atoms with E-state index in [0.29, 0.717) is 18.8 Å². The predicted molar refractivity (Wildman–Crippen MR) is 54.6 cm³/mol. The zero-order valence-corrected chi connectivity index (χ0v) is 8.77. The number of amides is 1. The number of carbonyl (C=O) groups is 1. The molecule has 4 heteroatoms. The number of aliphatic hydroxyl groups is 1. The van der Waals surface area contributed by atoms with E-state index in [9.17, 15) is 9.90 Å². The van der Waals surface area contributed by atoms with Gasteiger partial charge in [0, 0.05) is 18.7 Å². The molecule has 1 atom stereocenters. The summed E-state index contributed by atoms with van der Waals surface area (Å²) < 4.78 is 5.14. The van der Waals surface area contributed by atoms with Crippen LogP contribution in [-0.2, 0) is 0 Å². The molecule has 1 aromatic rings. The van der Waals surface area contributed by atoms with Gasteiger partial charge < -0.3 is 14.4 Å². The molecule has 1 saturated heterocycles. The highest BCUT2D eigenvalue weighted by molar-refractivity contribution is 5.92. The fourth-order valence-electron chi connectivity index (χ4n) is 1.87. The van der Waals surface area contributed by atoms with Crippen molar-refractivity contribution < 1.29 is 14.3 Å². The zero-order chi connectivity index (χ0) is 10.8.